The first-order valence-corrected chi connectivity index (χ1v) is 4.61. The molecule has 0 saturated heterocycles. The summed E-state index contributed by atoms with van der Waals surface area (Å²) in [5, 5.41) is 8.42. The SMILES string of the molecule is CN(CCC#N)C1=CCCCC1. The molecule has 0 unspecified atom stereocenters. The van der Waals surface area contributed by atoms with Crippen molar-refractivity contribution < 1.29 is 0 Å². The second-order valence-corrected chi connectivity index (χ2v) is 3.27. The van der Waals surface area contributed by atoms with E-state index in [2.05, 4.69) is 24.1 Å². The molecule has 0 N–H and O–H groups in total. The number of rotatable bonds is 3. The smallest absolute Gasteiger partial charge is 0.0640 e. The molecular weight excluding hydrogens is 148 g/mol. The van der Waals surface area contributed by atoms with E-state index < -0.39 is 0 Å². The van der Waals surface area contributed by atoms with E-state index >= 15 is 0 Å². The van der Waals surface area contributed by atoms with Crippen molar-refractivity contribution in [2.75, 3.05) is 13.6 Å². The van der Waals surface area contributed by atoms with Gasteiger partial charge in [0.15, 0.2) is 0 Å². The highest BCUT2D eigenvalue weighted by atomic mass is 15.1. The van der Waals surface area contributed by atoms with Gasteiger partial charge in [-0.05, 0) is 25.7 Å². The zero-order chi connectivity index (χ0) is 8.81. The van der Waals surface area contributed by atoms with E-state index in [1.165, 1.54) is 31.4 Å². The van der Waals surface area contributed by atoms with Crippen molar-refractivity contribution in [3.05, 3.63) is 11.8 Å². The summed E-state index contributed by atoms with van der Waals surface area (Å²) in [5.74, 6) is 0. The van der Waals surface area contributed by atoms with E-state index in [0.29, 0.717) is 6.42 Å². The first-order chi connectivity index (χ1) is 5.84. The van der Waals surface area contributed by atoms with Gasteiger partial charge in [-0.25, -0.2) is 0 Å². The molecule has 0 aromatic carbocycles. The van der Waals surface area contributed by atoms with Crippen LogP contribution in [-0.4, -0.2) is 18.5 Å². The zero-order valence-corrected chi connectivity index (χ0v) is 7.71. The van der Waals surface area contributed by atoms with Crippen LogP contribution in [0.5, 0.6) is 0 Å². The van der Waals surface area contributed by atoms with Gasteiger partial charge < -0.3 is 4.90 Å². The molecule has 1 aliphatic rings. The van der Waals surface area contributed by atoms with Gasteiger partial charge in [0.2, 0.25) is 0 Å². The number of nitriles is 1. The monoisotopic (exact) mass is 164 g/mol. The Morgan fingerprint density at radius 1 is 1.58 bits per heavy atom. The third-order valence-electron chi connectivity index (χ3n) is 2.32. The highest BCUT2D eigenvalue weighted by Gasteiger charge is 2.07. The Kier molecular flexibility index (Phi) is 3.66. The van der Waals surface area contributed by atoms with Crippen LogP contribution in [0.3, 0.4) is 0 Å². The lowest BCUT2D eigenvalue weighted by atomic mass is 10.0. The minimum atomic E-state index is 0.633. The molecule has 12 heavy (non-hydrogen) atoms. The summed E-state index contributed by atoms with van der Waals surface area (Å²) in [7, 11) is 2.08. The quantitative estimate of drug-likeness (QED) is 0.640. The Labute approximate surface area is 74.5 Å². The molecule has 1 aliphatic carbocycles. The van der Waals surface area contributed by atoms with Crippen molar-refractivity contribution in [3.63, 3.8) is 0 Å². The fraction of sp³-hybridized carbons (Fsp3) is 0.700. The lowest BCUT2D eigenvalue weighted by Crippen LogP contribution is -2.19. The number of hydrogen-bond acceptors (Lipinski definition) is 2. The topological polar surface area (TPSA) is 27.0 Å². The molecule has 0 fully saturated rings. The average Bonchev–Trinajstić information content (AvgIpc) is 2.15. The fourth-order valence-corrected chi connectivity index (χ4v) is 1.53. The minimum absolute atomic E-state index is 0.633. The molecule has 0 heterocycles. The zero-order valence-electron chi connectivity index (χ0n) is 7.71. The first-order valence-electron chi connectivity index (χ1n) is 4.61. The summed E-state index contributed by atoms with van der Waals surface area (Å²) in [6.07, 6.45) is 7.99. The molecule has 0 aliphatic heterocycles. The summed E-state index contributed by atoms with van der Waals surface area (Å²) < 4.78 is 0. The third-order valence-corrected chi connectivity index (χ3v) is 2.32. The van der Waals surface area contributed by atoms with Gasteiger partial charge in [-0.15, -0.1) is 0 Å². The van der Waals surface area contributed by atoms with Crippen molar-refractivity contribution in [1.29, 1.82) is 5.26 Å². The normalized spacial score (nSPS) is 16.5. The fourth-order valence-electron chi connectivity index (χ4n) is 1.53. The maximum absolute atomic E-state index is 8.42. The molecule has 0 bridgehead atoms. The van der Waals surface area contributed by atoms with Gasteiger partial charge in [-0.2, -0.15) is 5.26 Å². The lowest BCUT2D eigenvalue weighted by molar-refractivity contribution is 0.394. The molecule has 0 aromatic rings. The van der Waals surface area contributed by atoms with Crippen LogP contribution in [0, 0.1) is 11.3 Å². The molecule has 2 heteroatoms. The maximum atomic E-state index is 8.42. The van der Waals surface area contributed by atoms with E-state index in [1.807, 2.05) is 0 Å². The number of hydrogen-bond donors (Lipinski definition) is 0. The van der Waals surface area contributed by atoms with Crippen molar-refractivity contribution >= 4 is 0 Å². The molecule has 0 amide bonds. The van der Waals surface area contributed by atoms with Gasteiger partial charge in [-0.1, -0.05) is 6.08 Å². The lowest BCUT2D eigenvalue weighted by Gasteiger charge is -2.24. The minimum Gasteiger partial charge on any atom is -0.377 e. The predicted molar refractivity (Wildman–Crippen MR) is 49.4 cm³/mol. The van der Waals surface area contributed by atoms with Crippen LogP contribution in [-0.2, 0) is 0 Å². The van der Waals surface area contributed by atoms with Gasteiger partial charge in [0.05, 0.1) is 12.5 Å². The van der Waals surface area contributed by atoms with Gasteiger partial charge in [0, 0.05) is 19.3 Å². The predicted octanol–water partition coefficient (Wildman–Crippen LogP) is 2.29. The molecule has 2 nitrogen and oxygen atoms in total. The molecule has 0 radical (unpaired) electrons. The average molecular weight is 164 g/mol. The summed E-state index contributed by atoms with van der Waals surface area (Å²) in [5.41, 5.74) is 1.43. The maximum Gasteiger partial charge on any atom is 0.0640 e. The van der Waals surface area contributed by atoms with E-state index in [-0.39, 0.29) is 0 Å². The van der Waals surface area contributed by atoms with Gasteiger partial charge in [0.1, 0.15) is 0 Å². The van der Waals surface area contributed by atoms with Crippen molar-refractivity contribution in [2.24, 2.45) is 0 Å². The molecule has 0 saturated carbocycles. The largest absolute Gasteiger partial charge is 0.377 e. The first kappa shape index (κ1) is 9.12. The van der Waals surface area contributed by atoms with Crippen LogP contribution >= 0.6 is 0 Å². The number of allylic oxidation sites excluding steroid dienone is 2. The Balaban J connectivity index is 2.35. The Morgan fingerprint density at radius 2 is 2.42 bits per heavy atom. The van der Waals surface area contributed by atoms with Crippen LogP contribution in [0.4, 0.5) is 0 Å². The molecule has 0 atom stereocenters. The number of nitrogens with zero attached hydrogens (tertiary/aromatic N) is 2. The van der Waals surface area contributed by atoms with Crippen LogP contribution < -0.4 is 0 Å². The second kappa shape index (κ2) is 4.82. The van der Waals surface area contributed by atoms with Crippen molar-refractivity contribution in [2.45, 2.75) is 32.1 Å². The van der Waals surface area contributed by atoms with E-state index in [9.17, 15) is 0 Å². The highest BCUT2D eigenvalue weighted by Crippen LogP contribution is 2.19. The van der Waals surface area contributed by atoms with Crippen LogP contribution in [0.2, 0.25) is 0 Å². The van der Waals surface area contributed by atoms with Gasteiger partial charge in [-0.3, -0.25) is 0 Å². The highest BCUT2D eigenvalue weighted by molar-refractivity contribution is 5.03. The molecular formula is C10H16N2. The summed E-state index contributed by atoms with van der Waals surface area (Å²) >= 11 is 0. The van der Waals surface area contributed by atoms with Gasteiger partial charge >= 0.3 is 0 Å². The molecule has 66 valence electrons. The van der Waals surface area contributed by atoms with Crippen molar-refractivity contribution in [1.82, 2.24) is 4.90 Å². The second-order valence-electron chi connectivity index (χ2n) is 3.27. The third kappa shape index (κ3) is 2.58. The summed E-state index contributed by atoms with van der Waals surface area (Å²) in [6, 6.07) is 2.17. The van der Waals surface area contributed by atoms with E-state index in [0.717, 1.165) is 6.54 Å². The standard InChI is InChI=1S/C10H16N2/c1-12(9-5-8-11)10-6-3-2-4-7-10/h6H,2-5,7,9H2,1H3. The van der Waals surface area contributed by atoms with Gasteiger partial charge in [0.25, 0.3) is 0 Å². The Bertz CT molecular complexity index is 200. The Hall–Kier alpha value is -0.970. The van der Waals surface area contributed by atoms with Crippen LogP contribution in [0.25, 0.3) is 0 Å². The summed E-state index contributed by atoms with van der Waals surface area (Å²) in [4.78, 5) is 2.21. The van der Waals surface area contributed by atoms with E-state index in [4.69, 9.17) is 5.26 Å². The Morgan fingerprint density at radius 3 is 3.00 bits per heavy atom. The molecule has 0 aromatic heterocycles. The van der Waals surface area contributed by atoms with Crippen LogP contribution in [0.1, 0.15) is 32.1 Å². The van der Waals surface area contributed by atoms with Crippen LogP contribution in [0.15, 0.2) is 11.8 Å². The van der Waals surface area contributed by atoms with E-state index in [1.54, 1.807) is 0 Å². The summed E-state index contributed by atoms with van der Waals surface area (Å²) in [6.45, 7) is 0.877. The molecule has 0 spiro atoms. The molecule has 1 rings (SSSR count). The van der Waals surface area contributed by atoms with Crippen molar-refractivity contribution in [3.8, 4) is 6.07 Å².